The first-order valence-corrected chi connectivity index (χ1v) is 13.3. The van der Waals surface area contributed by atoms with Crippen molar-refractivity contribution in [1.29, 1.82) is 0 Å². The van der Waals surface area contributed by atoms with Gasteiger partial charge in [-0.3, -0.25) is 9.69 Å². The Morgan fingerprint density at radius 2 is 1.64 bits per heavy atom. The third-order valence-electron chi connectivity index (χ3n) is 7.29. The lowest BCUT2D eigenvalue weighted by atomic mass is 9.83. The van der Waals surface area contributed by atoms with E-state index in [1.807, 2.05) is 78.9 Å². The highest BCUT2D eigenvalue weighted by Gasteiger charge is 2.53. The summed E-state index contributed by atoms with van der Waals surface area (Å²) < 4.78 is 1.17. The van der Waals surface area contributed by atoms with Gasteiger partial charge in [0.05, 0.1) is 22.9 Å². The summed E-state index contributed by atoms with van der Waals surface area (Å²) in [5.41, 5.74) is 1.68. The molecule has 0 spiro atoms. The Morgan fingerprint density at radius 1 is 0.917 bits per heavy atom. The number of hydrogen-bond donors (Lipinski definition) is 1. The zero-order valence-corrected chi connectivity index (χ0v) is 20.8. The minimum Gasteiger partial charge on any atom is -0.319 e. The number of amides is 3. The van der Waals surface area contributed by atoms with Crippen LogP contribution in [0.3, 0.4) is 0 Å². The van der Waals surface area contributed by atoms with Crippen LogP contribution in [0.4, 0.5) is 4.79 Å². The van der Waals surface area contributed by atoms with Crippen LogP contribution in [0.2, 0.25) is 0 Å². The molecule has 0 radical (unpaired) electrons. The number of likely N-dealkylation sites (tertiary alicyclic amines) is 1. The Labute approximate surface area is 214 Å². The zero-order valence-electron chi connectivity index (χ0n) is 20.0. The van der Waals surface area contributed by atoms with E-state index in [-0.39, 0.29) is 24.6 Å². The number of para-hydroxylation sites is 1. The molecule has 2 aliphatic heterocycles. The summed E-state index contributed by atoms with van der Waals surface area (Å²) in [6.07, 6.45) is 3.52. The fraction of sp³-hybridized carbons (Fsp3) is 0.276. The Morgan fingerprint density at radius 3 is 2.42 bits per heavy atom. The van der Waals surface area contributed by atoms with Gasteiger partial charge in [0.1, 0.15) is 5.01 Å². The fourth-order valence-electron chi connectivity index (χ4n) is 5.45. The van der Waals surface area contributed by atoms with E-state index in [0.717, 1.165) is 47.5 Å². The number of thiazole rings is 1. The lowest BCUT2D eigenvalue weighted by Gasteiger charge is -2.36. The second-order valence-electron chi connectivity index (χ2n) is 9.58. The molecule has 0 saturated carbocycles. The first-order chi connectivity index (χ1) is 17.6. The molecule has 7 heteroatoms. The van der Waals surface area contributed by atoms with E-state index in [1.165, 1.54) is 9.60 Å². The summed E-state index contributed by atoms with van der Waals surface area (Å²) in [7, 11) is 0. The Hall–Kier alpha value is -3.55. The van der Waals surface area contributed by atoms with Gasteiger partial charge in [-0.1, -0.05) is 79.2 Å². The summed E-state index contributed by atoms with van der Waals surface area (Å²) in [6, 6.07) is 27.4. The predicted octanol–water partition coefficient (Wildman–Crippen LogP) is 5.47. The van der Waals surface area contributed by atoms with Crippen molar-refractivity contribution in [1.82, 2.24) is 20.1 Å². The van der Waals surface area contributed by atoms with Gasteiger partial charge in [0.2, 0.25) is 0 Å². The van der Waals surface area contributed by atoms with Gasteiger partial charge in [0, 0.05) is 13.0 Å². The number of hydrogen-bond acceptors (Lipinski definition) is 5. The fourth-order valence-corrected chi connectivity index (χ4v) is 6.59. The summed E-state index contributed by atoms with van der Waals surface area (Å²) in [5, 5.41) is 4.15. The molecule has 0 aliphatic carbocycles. The van der Waals surface area contributed by atoms with Crippen LogP contribution in [-0.2, 0) is 16.8 Å². The van der Waals surface area contributed by atoms with Crippen LogP contribution < -0.4 is 5.32 Å². The molecule has 2 fully saturated rings. The van der Waals surface area contributed by atoms with E-state index in [2.05, 4.69) is 16.3 Å². The van der Waals surface area contributed by atoms with Crippen LogP contribution in [0.25, 0.3) is 10.2 Å². The molecular weight excluding hydrogens is 468 g/mol. The van der Waals surface area contributed by atoms with Gasteiger partial charge in [0.15, 0.2) is 5.54 Å². The van der Waals surface area contributed by atoms with Crippen molar-refractivity contribution in [3.63, 3.8) is 0 Å². The molecule has 6 nitrogen and oxygen atoms in total. The maximum Gasteiger partial charge on any atom is 0.326 e. The maximum absolute atomic E-state index is 14.1. The van der Waals surface area contributed by atoms with Crippen molar-refractivity contribution in [2.45, 2.75) is 37.3 Å². The van der Waals surface area contributed by atoms with Gasteiger partial charge >= 0.3 is 6.03 Å². The number of urea groups is 1. The van der Waals surface area contributed by atoms with Crippen molar-refractivity contribution in [2.75, 3.05) is 13.2 Å². The highest BCUT2D eigenvalue weighted by Crippen LogP contribution is 2.38. The molecule has 0 unspecified atom stereocenters. The normalized spacial score (nSPS) is 22.8. The topological polar surface area (TPSA) is 65.5 Å². The van der Waals surface area contributed by atoms with Crippen molar-refractivity contribution in [3.8, 4) is 0 Å². The summed E-state index contributed by atoms with van der Waals surface area (Å²) in [4.78, 5) is 36.0. The first kappa shape index (κ1) is 22.9. The molecule has 0 bridgehead atoms. The average Bonchev–Trinajstić information content (AvgIpc) is 3.45. The Bertz CT molecular complexity index is 1360. The van der Waals surface area contributed by atoms with Gasteiger partial charge in [-0.2, -0.15) is 0 Å². The van der Waals surface area contributed by atoms with E-state index in [9.17, 15) is 9.59 Å². The van der Waals surface area contributed by atoms with Gasteiger partial charge in [-0.15, -0.1) is 11.3 Å². The van der Waals surface area contributed by atoms with Crippen LogP contribution >= 0.6 is 11.3 Å². The molecular formula is C29H28N4O2S. The standard InChI is InChI=1S/C29H28N4O2S/c34-27-29(22-13-5-2-6-14-22,19-21-11-3-1-4-12-21)31-28(35)33(27)20-32-18-10-9-16-24(32)26-30-23-15-7-8-17-25(23)36-26/h1-8,11-15,17,24H,9-10,16,18-20H2,(H,31,35)/t24-,29-/m0/s1. The Kier molecular flexibility index (Phi) is 6.03. The molecule has 3 heterocycles. The first-order valence-electron chi connectivity index (χ1n) is 12.5. The molecule has 3 aromatic carbocycles. The maximum atomic E-state index is 14.1. The number of nitrogens with zero attached hydrogens (tertiary/aromatic N) is 3. The van der Waals surface area contributed by atoms with Crippen LogP contribution in [-0.4, -0.2) is 39.9 Å². The number of piperidine rings is 1. The summed E-state index contributed by atoms with van der Waals surface area (Å²) >= 11 is 1.71. The second-order valence-corrected chi connectivity index (χ2v) is 10.6. The summed E-state index contributed by atoms with van der Waals surface area (Å²) in [5.74, 6) is -0.198. The van der Waals surface area contributed by atoms with Gasteiger partial charge < -0.3 is 5.32 Å². The average molecular weight is 497 g/mol. The van der Waals surface area contributed by atoms with Crippen LogP contribution in [0.15, 0.2) is 84.9 Å². The van der Waals surface area contributed by atoms with Crippen LogP contribution in [0, 0.1) is 0 Å². The molecule has 2 saturated heterocycles. The van der Waals surface area contributed by atoms with Crippen LogP contribution in [0.1, 0.15) is 41.4 Å². The lowest BCUT2D eigenvalue weighted by molar-refractivity contribution is -0.133. The van der Waals surface area contributed by atoms with E-state index < -0.39 is 5.54 Å². The van der Waals surface area contributed by atoms with Gasteiger partial charge in [-0.25, -0.2) is 14.7 Å². The molecule has 36 heavy (non-hydrogen) atoms. The van der Waals surface area contributed by atoms with Crippen molar-refractivity contribution in [2.24, 2.45) is 0 Å². The number of rotatable bonds is 6. The van der Waals surface area contributed by atoms with Crippen molar-refractivity contribution >= 4 is 33.5 Å². The van der Waals surface area contributed by atoms with E-state index in [0.29, 0.717) is 6.42 Å². The molecule has 4 aromatic rings. The highest BCUT2D eigenvalue weighted by atomic mass is 32.1. The van der Waals surface area contributed by atoms with E-state index in [1.54, 1.807) is 11.3 Å². The number of benzene rings is 3. The van der Waals surface area contributed by atoms with Crippen LogP contribution in [0.5, 0.6) is 0 Å². The minimum absolute atomic E-state index is 0.0950. The van der Waals surface area contributed by atoms with Gasteiger partial charge in [0.25, 0.3) is 5.91 Å². The number of aromatic nitrogens is 1. The number of fused-ring (bicyclic) bond motifs is 1. The third kappa shape index (κ3) is 4.08. The van der Waals surface area contributed by atoms with Crippen molar-refractivity contribution < 1.29 is 9.59 Å². The number of imide groups is 1. The predicted molar refractivity (Wildman–Crippen MR) is 141 cm³/mol. The number of nitrogens with one attached hydrogen (secondary N) is 1. The second kappa shape index (κ2) is 9.48. The zero-order chi connectivity index (χ0) is 24.5. The van der Waals surface area contributed by atoms with E-state index in [4.69, 9.17) is 4.98 Å². The quantitative estimate of drug-likeness (QED) is 0.360. The third-order valence-corrected chi connectivity index (χ3v) is 8.42. The molecule has 2 aliphatic rings. The monoisotopic (exact) mass is 496 g/mol. The minimum atomic E-state index is -1.12. The molecule has 1 N–H and O–H groups in total. The van der Waals surface area contributed by atoms with Crippen molar-refractivity contribution in [3.05, 3.63) is 101 Å². The largest absolute Gasteiger partial charge is 0.326 e. The molecule has 2 atom stereocenters. The highest BCUT2D eigenvalue weighted by molar-refractivity contribution is 7.18. The Balaban J connectivity index is 1.31. The summed E-state index contributed by atoms with van der Waals surface area (Å²) in [6.45, 7) is 1.09. The number of carbonyl (C=O) groups is 2. The molecule has 182 valence electrons. The van der Waals surface area contributed by atoms with Gasteiger partial charge in [-0.05, 0) is 36.1 Å². The SMILES string of the molecule is O=C1N[C@@](Cc2ccccc2)(c2ccccc2)C(=O)N1CN1CCCC[C@H]1c1nc2ccccc2s1. The molecule has 3 amide bonds. The smallest absolute Gasteiger partial charge is 0.319 e. The molecule has 6 rings (SSSR count). The lowest BCUT2D eigenvalue weighted by Crippen LogP contribution is -2.48. The molecule has 1 aromatic heterocycles. The van der Waals surface area contributed by atoms with E-state index >= 15 is 0 Å². The number of carbonyl (C=O) groups excluding carboxylic acids is 2.